The highest BCUT2D eigenvalue weighted by Gasteiger charge is 2.16. The molecule has 0 aliphatic carbocycles. The molecule has 0 saturated heterocycles. The van der Waals surface area contributed by atoms with Crippen molar-refractivity contribution in [2.24, 2.45) is 0 Å². The van der Waals surface area contributed by atoms with Crippen molar-refractivity contribution in [3.8, 4) is 5.69 Å². The molecule has 2 aromatic carbocycles. The molecular weight excluding hydrogens is 401 g/mol. The second kappa shape index (κ2) is 5.76. The number of benzene rings is 2. The van der Waals surface area contributed by atoms with E-state index in [0.29, 0.717) is 25.9 Å². The summed E-state index contributed by atoms with van der Waals surface area (Å²) in [5.74, 6) is 0.495. The molecule has 108 valence electrons. The van der Waals surface area contributed by atoms with Gasteiger partial charge in [-0.25, -0.2) is 9.37 Å². The standard InChI is InChI=1S/C14H7BrCl3FN2/c15-8-3-7(19)1-2-12(8)21-13-5-10(18)9(17)4-11(13)20-14(21)6-16/h1-5H,6H2. The van der Waals surface area contributed by atoms with E-state index in [0.717, 1.165) is 11.2 Å². The summed E-state index contributed by atoms with van der Waals surface area (Å²) in [6.07, 6.45) is 0. The van der Waals surface area contributed by atoms with Gasteiger partial charge in [0.25, 0.3) is 0 Å². The zero-order chi connectivity index (χ0) is 15.1. The number of nitrogens with zero attached hydrogens (tertiary/aromatic N) is 2. The van der Waals surface area contributed by atoms with Crippen LogP contribution in [0.3, 0.4) is 0 Å². The second-order valence-electron chi connectivity index (χ2n) is 4.35. The van der Waals surface area contributed by atoms with Crippen molar-refractivity contribution in [3.05, 3.63) is 56.5 Å². The van der Waals surface area contributed by atoms with Crippen LogP contribution in [-0.2, 0) is 5.88 Å². The molecule has 0 spiro atoms. The van der Waals surface area contributed by atoms with Gasteiger partial charge < -0.3 is 0 Å². The molecule has 7 heteroatoms. The number of hydrogen-bond donors (Lipinski definition) is 0. The predicted molar refractivity (Wildman–Crippen MR) is 88.3 cm³/mol. The smallest absolute Gasteiger partial charge is 0.129 e. The van der Waals surface area contributed by atoms with E-state index in [1.807, 2.05) is 4.57 Å². The monoisotopic (exact) mass is 406 g/mol. The van der Waals surface area contributed by atoms with E-state index in [2.05, 4.69) is 20.9 Å². The fourth-order valence-electron chi connectivity index (χ4n) is 2.14. The summed E-state index contributed by atoms with van der Waals surface area (Å²) in [7, 11) is 0. The highest BCUT2D eigenvalue weighted by Crippen LogP contribution is 2.33. The van der Waals surface area contributed by atoms with Crippen molar-refractivity contribution in [1.29, 1.82) is 0 Å². The summed E-state index contributed by atoms with van der Waals surface area (Å²) in [4.78, 5) is 4.45. The van der Waals surface area contributed by atoms with Gasteiger partial charge in [0.1, 0.15) is 11.6 Å². The van der Waals surface area contributed by atoms with Crippen LogP contribution in [0.1, 0.15) is 5.82 Å². The molecule has 0 bridgehead atoms. The van der Waals surface area contributed by atoms with Crippen LogP contribution >= 0.6 is 50.7 Å². The summed E-state index contributed by atoms with van der Waals surface area (Å²) in [6.45, 7) is 0. The first-order chi connectivity index (χ1) is 10.0. The first kappa shape index (κ1) is 15.1. The van der Waals surface area contributed by atoms with Crippen molar-refractivity contribution in [2.75, 3.05) is 0 Å². The summed E-state index contributed by atoms with van der Waals surface area (Å²) < 4.78 is 15.7. The maximum atomic E-state index is 13.3. The van der Waals surface area contributed by atoms with Gasteiger partial charge in [0.2, 0.25) is 0 Å². The number of imidazole rings is 1. The molecule has 2 nitrogen and oxygen atoms in total. The molecule has 0 aliphatic heterocycles. The Labute approximate surface area is 143 Å². The maximum absolute atomic E-state index is 13.3. The quantitative estimate of drug-likeness (QED) is 0.478. The topological polar surface area (TPSA) is 17.8 Å². The van der Waals surface area contributed by atoms with E-state index in [1.54, 1.807) is 18.2 Å². The Kier molecular flexibility index (Phi) is 4.14. The number of hydrogen-bond acceptors (Lipinski definition) is 1. The highest BCUT2D eigenvalue weighted by molar-refractivity contribution is 9.10. The normalized spacial score (nSPS) is 11.3. The average molecular weight is 408 g/mol. The van der Waals surface area contributed by atoms with Gasteiger partial charge in [-0.15, -0.1) is 11.6 Å². The minimum atomic E-state index is -0.330. The van der Waals surface area contributed by atoms with Crippen molar-refractivity contribution in [3.63, 3.8) is 0 Å². The Morgan fingerprint density at radius 1 is 1.14 bits per heavy atom. The van der Waals surface area contributed by atoms with E-state index < -0.39 is 0 Å². The van der Waals surface area contributed by atoms with E-state index >= 15 is 0 Å². The van der Waals surface area contributed by atoms with Gasteiger partial charge in [-0.3, -0.25) is 4.57 Å². The lowest BCUT2D eigenvalue weighted by Crippen LogP contribution is -2.00. The molecule has 0 amide bonds. The number of rotatable bonds is 2. The zero-order valence-electron chi connectivity index (χ0n) is 10.4. The molecule has 0 atom stereocenters. The van der Waals surface area contributed by atoms with Crippen LogP contribution < -0.4 is 0 Å². The lowest BCUT2D eigenvalue weighted by molar-refractivity contribution is 0.626. The van der Waals surface area contributed by atoms with Crippen LogP contribution in [0.15, 0.2) is 34.8 Å². The highest BCUT2D eigenvalue weighted by atomic mass is 79.9. The first-order valence-electron chi connectivity index (χ1n) is 5.89. The van der Waals surface area contributed by atoms with Gasteiger partial charge in [0.05, 0.1) is 32.6 Å². The Morgan fingerprint density at radius 2 is 1.86 bits per heavy atom. The van der Waals surface area contributed by atoms with Crippen molar-refractivity contribution >= 4 is 61.8 Å². The largest absolute Gasteiger partial charge is 0.294 e. The molecule has 3 rings (SSSR count). The Balaban J connectivity index is 2.37. The molecule has 0 saturated carbocycles. The fraction of sp³-hybridized carbons (Fsp3) is 0.0714. The number of fused-ring (bicyclic) bond motifs is 1. The van der Waals surface area contributed by atoms with Crippen LogP contribution in [-0.4, -0.2) is 9.55 Å². The lowest BCUT2D eigenvalue weighted by atomic mass is 10.2. The molecule has 0 N–H and O–H groups in total. The predicted octanol–water partition coefficient (Wildman–Crippen LogP) is 5.97. The van der Waals surface area contributed by atoms with Gasteiger partial charge in [-0.05, 0) is 46.3 Å². The van der Waals surface area contributed by atoms with Crippen LogP contribution in [0, 0.1) is 5.82 Å². The molecule has 1 heterocycles. The zero-order valence-corrected chi connectivity index (χ0v) is 14.2. The van der Waals surface area contributed by atoms with Crippen molar-refractivity contribution in [2.45, 2.75) is 5.88 Å². The van der Waals surface area contributed by atoms with Gasteiger partial charge >= 0.3 is 0 Å². The van der Waals surface area contributed by atoms with Crippen LogP contribution in [0.4, 0.5) is 4.39 Å². The van der Waals surface area contributed by atoms with Crippen LogP contribution in [0.25, 0.3) is 16.7 Å². The molecule has 0 unspecified atom stereocenters. The third kappa shape index (κ3) is 2.66. The first-order valence-corrected chi connectivity index (χ1v) is 7.97. The van der Waals surface area contributed by atoms with E-state index in [-0.39, 0.29) is 11.7 Å². The Morgan fingerprint density at radius 3 is 2.52 bits per heavy atom. The molecule has 0 aliphatic rings. The summed E-state index contributed by atoms with van der Waals surface area (Å²) >= 11 is 21.4. The summed E-state index contributed by atoms with van der Waals surface area (Å²) in [6, 6.07) is 7.82. The molecule has 1 aromatic heterocycles. The van der Waals surface area contributed by atoms with E-state index in [9.17, 15) is 4.39 Å². The third-order valence-electron chi connectivity index (χ3n) is 3.04. The summed E-state index contributed by atoms with van der Waals surface area (Å²) in [5.41, 5.74) is 2.16. The SMILES string of the molecule is Fc1ccc(-n2c(CCl)nc3cc(Cl)c(Cl)cc32)c(Br)c1. The summed E-state index contributed by atoms with van der Waals surface area (Å²) in [5, 5.41) is 0.845. The van der Waals surface area contributed by atoms with Crippen LogP contribution in [0.2, 0.25) is 10.0 Å². The molecule has 3 aromatic rings. The average Bonchev–Trinajstić information content (AvgIpc) is 2.77. The molecule has 0 radical (unpaired) electrons. The van der Waals surface area contributed by atoms with Gasteiger partial charge in [0, 0.05) is 4.47 Å². The minimum Gasteiger partial charge on any atom is -0.294 e. The fourth-order valence-corrected chi connectivity index (χ4v) is 3.17. The molecule has 21 heavy (non-hydrogen) atoms. The number of alkyl halides is 1. The van der Waals surface area contributed by atoms with E-state index in [4.69, 9.17) is 34.8 Å². The molecular formula is C14H7BrCl3FN2. The number of halogens is 5. The van der Waals surface area contributed by atoms with Crippen LogP contribution in [0.5, 0.6) is 0 Å². The van der Waals surface area contributed by atoms with Gasteiger partial charge in [-0.2, -0.15) is 0 Å². The number of aromatic nitrogens is 2. The third-order valence-corrected chi connectivity index (χ3v) is 4.63. The van der Waals surface area contributed by atoms with E-state index in [1.165, 1.54) is 12.1 Å². The Bertz CT molecular complexity index is 848. The van der Waals surface area contributed by atoms with Crippen molar-refractivity contribution < 1.29 is 4.39 Å². The van der Waals surface area contributed by atoms with Crippen molar-refractivity contribution in [1.82, 2.24) is 9.55 Å². The minimum absolute atomic E-state index is 0.202. The lowest BCUT2D eigenvalue weighted by Gasteiger charge is -2.10. The Hall–Kier alpha value is -0.810. The van der Waals surface area contributed by atoms with Gasteiger partial charge in [-0.1, -0.05) is 23.2 Å². The second-order valence-corrected chi connectivity index (χ2v) is 6.28. The van der Waals surface area contributed by atoms with Gasteiger partial charge in [0.15, 0.2) is 0 Å². The maximum Gasteiger partial charge on any atom is 0.129 e. The molecule has 0 fully saturated rings.